The molecule has 0 aliphatic carbocycles. The summed E-state index contributed by atoms with van der Waals surface area (Å²) in [6, 6.07) is 5.26. The van der Waals surface area contributed by atoms with E-state index in [2.05, 4.69) is 12.2 Å². The topological polar surface area (TPSA) is 64.4 Å². The number of carbonyl (C=O) groups is 1. The van der Waals surface area contributed by atoms with Crippen LogP contribution in [-0.4, -0.2) is 18.1 Å². The van der Waals surface area contributed by atoms with E-state index in [1.807, 2.05) is 20.8 Å². The first-order valence-electron chi connectivity index (χ1n) is 6.75. The van der Waals surface area contributed by atoms with Crippen molar-refractivity contribution in [2.45, 2.75) is 46.1 Å². The van der Waals surface area contributed by atoms with Crippen molar-refractivity contribution in [1.82, 2.24) is 5.32 Å². The Balaban J connectivity index is 2.99. The van der Waals surface area contributed by atoms with Crippen LogP contribution in [0.5, 0.6) is 5.75 Å². The Kier molecular flexibility index (Phi) is 5.21. The molecule has 0 aliphatic rings. The minimum Gasteiger partial charge on any atom is -0.493 e. The van der Waals surface area contributed by atoms with Crippen LogP contribution < -0.4 is 15.8 Å². The third-order valence-electron chi connectivity index (χ3n) is 2.91. The minimum atomic E-state index is -0.252. The zero-order valence-electron chi connectivity index (χ0n) is 12.2. The molecule has 0 unspecified atom stereocenters. The van der Waals surface area contributed by atoms with Gasteiger partial charge in [-0.25, -0.2) is 0 Å². The van der Waals surface area contributed by atoms with Gasteiger partial charge < -0.3 is 15.8 Å². The molecule has 1 aromatic rings. The molecule has 1 amide bonds. The number of nitrogens with two attached hydrogens (primary N) is 1. The van der Waals surface area contributed by atoms with E-state index in [-0.39, 0.29) is 11.4 Å². The SMILES string of the molecule is CCCC(C)(C)NC(=O)c1c(N)cccc1OCC. The smallest absolute Gasteiger partial charge is 0.257 e. The summed E-state index contributed by atoms with van der Waals surface area (Å²) in [6.07, 6.45) is 1.92. The second-order valence-electron chi connectivity index (χ2n) is 5.24. The lowest BCUT2D eigenvalue weighted by molar-refractivity contribution is 0.0906. The molecule has 3 N–H and O–H groups in total. The van der Waals surface area contributed by atoms with Crippen LogP contribution in [0.1, 0.15) is 50.9 Å². The number of amides is 1. The lowest BCUT2D eigenvalue weighted by atomic mass is 9.98. The largest absolute Gasteiger partial charge is 0.493 e. The Morgan fingerprint density at radius 3 is 2.63 bits per heavy atom. The van der Waals surface area contributed by atoms with Crippen molar-refractivity contribution in [3.63, 3.8) is 0 Å². The van der Waals surface area contributed by atoms with Crippen molar-refractivity contribution in [2.24, 2.45) is 0 Å². The van der Waals surface area contributed by atoms with E-state index in [0.29, 0.717) is 23.6 Å². The first-order valence-corrected chi connectivity index (χ1v) is 6.75. The Bertz CT molecular complexity index is 442. The Morgan fingerprint density at radius 1 is 1.37 bits per heavy atom. The zero-order chi connectivity index (χ0) is 14.5. The third-order valence-corrected chi connectivity index (χ3v) is 2.91. The summed E-state index contributed by atoms with van der Waals surface area (Å²) < 4.78 is 5.47. The molecule has 1 aromatic carbocycles. The average molecular weight is 264 g/mol. The molecule has 19 heavy (non-hydrogen) atoms. The monoisotopic (exact) mass is 264 g/mol. The predicted molar refractivity (Wildman–Crippen MR) is 78.5 cm³/mol. The summed E-state index contributed by atoms with van der Waals surface area (Å²) in [5, 5.41) is 3.01. The summed E-state index contributed by atoms with van der Waals surface area (Å²) in [6.45, 7) is 8.49. The maximum Gasteiger partial charge on any atom is 0.257 e. The molecular weight excluding hydrogens is 240 g/mol. The van der Waals surface area contributed by atoms with E-state index in [9.17, 15) is 4.79 Å². The Morgan fingerprint density at radius 2 is 2.05 bits per heavy atom. The van der Waals surface area contributed by atoms with E-state index < -0.39 is 0 Å². The van der Waals surface area contributed by atoms with Gasteiger partial charge in [0.2, 0.25) is 0 Å². The van der Waals surface area contributed by atoms with Crippen LogP contribution >= 0.6 is 0 Å². The molecule has 4 heteroatoms. The zero-order valence-corrected chi connectivity index (χ0v) is 12.2. The van der Waals surface area contributed by atoms with E-state index in [0.717, 1.165) is 12.8 Å². The number of rotatable bonds is 6. The molecular formula is C15H24N2O2. The molecule has 0 bridgehead atoms. The molecule has 0 saturated heterocycles. The maximum absolute atomic E-state index is 12.4. The standard InChI is InChI=1S/C15H24N2O2/c1-5-10-15(3,4)17-14(18)13-11(16)8-7-9-12(13)19-6-2/h7-9H,5-6,10,16H2,1-4H3,(H,17,18). The van der Waals surface area contributed by atoms with Crippen molar-refractivity contribution >= 4 is 11.6 Å². The van der Waals surface area contributed by atoms with Crippen molar-refractivity contribution in [3.05, 3.63) is 23.8 Å². The summed E-state index contributed by atoms with van der Waals surface area (Å²) in [5.41, 5.74) is 6.52. The van der Waals surface area contributed by atoms with E-state index in [4.69, 9.17) is 10.5 Å². The van der Waals surface area contributed by atoms with Crippen LogP contribution in [0, 0.1) is 0 Å². The number of hydrogen-bond acceptors (Lipinski definition) is 3. The second kappa shape index (κ2) is 6.45. The molecule has 0 aromatic heterocycles. The average Bonchev–Trinajstić information content (AvgIpc) is 2.28. The highest BCUT2D eigenvalue weighted by molar-refractivity contribution is 6.02. The van der Waals surface area contributed by atoms with E-state index in [1.54, 1.807) is 18.2 Å². The third kappa shape index (κ3) is 4.16. The molecule has 0 atom stereocenters. The molecule has 0 saturated carbocycles. The lowest BCUT2D eigenvalue weighted by Crippen LogP contribution is -2.43. The Hall–Kier alpha value is -1.71. The van der Waals surface area contributed by atoms with Gasteiger partial charge in [-0.2, -0.15) is 0 Å². The van der Waals surface area contributed by atoms with Crippen molar-refractivity contribution in [1.29, 1.82) is 0 Å². The Labute approximate surface area is 115 Å². The van der Waals surface area contributed by atoms with Crippen molar-refractivity contribution < 1.29 is 9.53 Å². The number of carbonyl (C=O) groups excluding carboxylic acids is 1. The van der Waals surface area contributed by atoms with Crippen LogP contribution in [-0.2, 0) is 0 Å². The summed E-state index contributed by atoms with van der Waals surface area (Å²) >= 11 is 0. The van der Waals surface area contributed by atoms with Crippen LogP contribution in [0.15, 0.2) is 18.2 Å². The van der Waals surface area contributed by atoms with E-state index in [1.165, 1.54) is 0 Å². The van der Waals surface area contributed by atoms with Gasteiger partial charge in [0.1, 0.15) is 11.3 Å². The van der Waals surface area contributed by atoms with Crippen LogP contribution in [0.3, 0.4) is 0 Å². The highest BCUT2D eigenvalue weighted by Gasteiger charge is 2.23. The maximum atomic E-state index is 12.4. The number of benzene rings is 1. The van der Waals surface area contributed by atoms with Crippen LogP contribution in [0.25, 0.3) is 0 Å². The highest BCUT2D eigenvalue weighted by atomic mass is 16.5. The number of ether oxygens (including phenoxy) is 1. The van der Waals surface area contributed by atoms with Gasteiger partial charge in [0.15, 0.2) is 0 Å². The molecule has 106 valence electrons. The van der Waals surface area contributed by atoms with Crippen LogP contribution in [0.2, 0.25) is 0 Å². The number of anilines is 1. The molecule has 0 spiro atoms. The first kappa shape index (κ1) is 15.3. The quantitative estimate of drug-likeness (QED) is 0.776. The minimum absolute atomic E-state index is 0.181. The molecule has 1 rings (SSSR count). The summed E-state index contributed by atoms with van der Waals surface area (Å²) in [5.74, 6) is 0.354. The van der Waals surface area contributed by atoms with Crippen molar-refractivity contribution in [3.8, 4) is 5.75 Å². The number of nitrogen functional groups attached to an aromatic ring is 1. The molecule has 0 radical (unpaired) electrons. The second-order valence-corrected chi connectivity index (χ2v) is 5.24. The fraction of sp³-hybridized carbons (Fsp3) is 0.533. The molecule has 0 fully saturated rings. The van der Waals surface area contributed by atoms with Gasteiger partial charge in [-0.15, -0.1) is 0 Å². The molecule has 0 heterocycles. The normalized spacial score (nSPS) is 11.2. The summed E-state index contributed by atoms with van der Waals surface area (Å²) in [7, 11) is 0. The number of hydrogen-bond donors (Lipinski definition) is 2. The lowest BCUT2D eigenvalue weighted by Gasteiger charge is -2.26. The summed E-state index contributed by atoms with van der Waals surface area (Å²) in [4.78, 5) is 12.4. The van der Waals surface area contributed by atoms with Gasteiger partial charge in [-0.05, 0) is 39.3 Å². The van der Waals surface area contributed by atoms with Crippen molar-refractivity contribution in [2.75, 3.05) is 12.3 Å². The van der Waals surface area contributed by atoms with Gasteiger partial charge in [0.25, 0.3) is 5.91 Å². The fourth-order valence-electron chi connectivity index (χ4n) is 2.12. The fourth-order valence-corrected chi connectivity index (χ4v) is 2.12. The first-order chi connectivity index (χ1) is 8.91. The predicted octanol–water partition coefficient (Wildman–Crippen LogP) is 2.98. The van der Waals surface area contributed by atoms with Gasteiger partial charge in [-0.1, -0.05) is 19.4 Å². The highest BCUT2D eigenvalue weighted by Crippen LogP contribution is 2.25. The van der Waals surface area contributed by atoms with Gasteiger partial charge in [0.05, 0.1) is 6.61 Å². The van der Waals surface area contributed by atoms with Gasteiger partial charge in [-0.3, -0.25) is 4.79 Å². The van der Waals surface area contributed by atoms with E-state index >= 15 is 0 Å². The van der Waals surface area contributed by atoms with Crippen LogP contribution in [0.4, 0.5) is 5.69 Å². The molecule has 0 aliphatic heterocycles. The van der Waals surface area contributed by atoms with Gasteiger partial charge in [0, 0.05) is 11.2 Å². The van der Waals surface area contributed by atoms with Gasteiger partial charge >= 0.3 is 0 Å². The molecule has 4 nitrogen and oxygen atoms in total. The number of nitrogens with one attached hydrogen (secondary N) is 1.